The van der Waals surface area contributed by atoms with Crippen LogP contribution < -0.4 is 0 Å². The van der Waals surface area contributed by atoms with Crippen LogP contribution in [0.5, 0.6) is 0 Å². The van der Waals surface area contributed by atoms with Gasteiger partial charge in [-0.15, -0.1) is 0 Å². The monoisotopic (exact) mass is 171 g/mol. The Morgan fingerprint density at radius 2 is 1.91 bits per heavy atom. The lowest BCUT2D eigenvalue weighted by Crippen LogP contribution is -1.83. The van der Waals surface area contributed by atoms with Gasteiger partial charge >= 0.3 is 0 Å². The Hall–Kier alpha value is -0.160. The molecule has 0 atom stereocenters. The summed E-state index contributed by atoms with van der Waals surface area (Å²) in [5.74, 6) is 2.44. The average Bonchev–Trinajstić information content (AvgIpc) is 2.03. The van der Waals surface area contributed by atoms with Crippen molar-refractivity contribution >= 4 is 11.8 Å². The largest absolute Gasteiger partial charge is 0.198 e. The van der Waals surface area contributed by atoms with E-state index in [1.54, 1.807) is 0 Å². The Morgan fingerprint density at radius 3 is 2.55 bits per heavy atom. The van der Waals surface area contributed by atoms with Crippen molar-refractivity contribution in [2.45, 2.75) is 39.0 Å². The van der Waals surface area contributed by atoms with E-state index in [2.05, 4.69) is 13.0 Å². The second-order valence-corrected chi connectivity index (χ2v) is 3.81. The van der Waals surface area contributed by atoms with Crippen LogP contribution in [0.15, 0.2) is 0 Å². The maximum absolute atomic E-state index is 8.25. The van der Waals surface area contributed by atoms with Crippen LogP contribution in [0.4, 0.5) is 0 Å². The van der Waals surface area contributed by atoms with Gasteiger partial charge in [-0.05, 0) is 24.3 Å². The number of hydrogen-bond acceptors (Lipinski definition) is 2. The molecule has 0 aromatic rings. The smallest absolute Gasteiger partial charge is 0.0622 e. The van der Waals surface area contributed by atoms with E-state index in [4.69, 9.17) is 5.26 Å². The Labute approximate surface area is 74.2 Å². The van der Waals surface area contributed by atoms with E-state index in [-0.39, 0.29) is 0 Å². The molecule has 0 aliphatic heterocycles. The second kappa shape index (κ2) is 9.84. The van der Waals surface area contributed by atoms with E-state index in [9.17, 15) is 0 Å². The van der Waals surface area contributed by atoms with Crippen molar-refractivity contribution in [1.29, 1.82) is 5.26 Å². The Bertz CT molecular complexity index is 107. The highest BCUT2D eigenvalue weighted by molar-refractivity contribution is 7.99. The van der Waals surface area contributed by atoms with Crippen LogP contribution in [0.3, 0.4) is 0 Å². The molecule has 0 aromatic heterocycles. The van der Waals surface area contributed by atoms with Crippen molar-refractivity contribution in [2.24, 2.45) is 0 Å². The highest BCUT2D eigenvalue weighted by Gasteiger charge is 1.89. The Morgan fingerprint density at radius 1 is 1.18 bits per heavy atom. The van der Waals surface area contributed by atoms with Gasteiger partial charge in [0, 0.05) is 6.42 Å². The second-order valence-electron chi connectivity index (χ2n) is 2.58. The lowest BCUT2D eigenvalue weighted by Gasteiger charge is -1.97. The molecule has 0 saturated heterocycles. The molecule has 0 fully saturated rings. The third-order valence-electron chi connectivity index (χ3n) is 1.47. The van der Waals surface area contributed by atoms with Crippen LogP contribution in [-0.4, -0.2) is 11.5 Å². The fourth-order valence-electron chi connectivity index (χ4n) is 0.809. The molecule has 64 valence electrons. The molecule has 0 amide bonds. The maximum Gasteiger partial charge on any atom is 0.0622 e. The molecule has 0 aromatic carbocycles. The van der Waals surface area contributed by atoms with Crippen LogP contribution >= 0.6 is 11.8 Å². The summed E-state index contributed by atoms with van der Waals surface area (Å²) in [6.07, 6.45) is 5.78. The first kappa shape index (κ1) is 10.8. The van der Waals surface area contributed by atoms with Crippen LogP contribution in [0.25, 0.3) is 0 Å². The minimum atomic E-state index is 0.723. The number of rotatable bonds is 7. The summed E-state index contributed by atoms with van der Waals surface area (Å²) in [5.41, 5.74) is 0. The lowest BCUT2D eigenvalue weighted by molar-refractivity contribution is 0.778. The SMILES string of the molecule is CCCCCSCCCC#N. The van der Waals surface area contributed by atoms with E-state index >= 15 is 0 Å². The molecule has 0 N–H and O–H groups in total. The Kier molecular flexibility index (Phi) is 9.70. The first-order chi connectivity index (χ1) is 5.41. The maximum atomic E-state index is 8.25. The predicted octanol–water partition coefficient (Wildman–Crippen LogP) is 3.21. The first-order valence-electron chi connectivity index (χ1n) is 4.36. The molecule has 0 saturated carbocycles. The van der Waals surface area contributed by atoms with Gasteiger partial charge in [0.1, 0.15) is 0 Å². The zero-order valence-electron chi connectivity index (χ0n) is 7.31. The van der Waals surface area contributed by atoms with E-state index in [1.807, 2.05) is 11.8 Å². The standard InChI is InChI=1S/C9H17NS/c1-2-3-5-8-11-9-6-4-7-10/h2-6,8-9H2,1H3. The number of thioether (sulfide) groups is 1. The summed E-state index contributed by atoms with van der Waals surface area (Å²) >= 11 is 1.98. The van der Waals surface area contributed by atoms with Gasteiger partial charge in [0.05, 0.1) is 6.07 Å². The van der Waals surface area contributed by atoms with Crippen molar-refractivity contribution in [2.75, 3.05) is 11.5 Å². The summed E-state index contributed by atoms with van der Waals surface area (Å²) < 4.78 is 0. The average molecular weight is 171 g/mol. The molecule has 0 heterocycles. The van der Waals surface area contributed by atoms with Crippen molar-refractivity contribution < 1.29 is 0 Å². The van der Waals surface area contributed by atoms with Gasteiger partial charge in [-0.2, -0.15) is 17.0 Å². The van der Waals surface area contributed by atoms with Crippen molar-refractivity contribution in [1.82, 2.24) is 0 Å². The normalized spacial score (nSPS) is 9.45. The zero-order chi connectivity index (χ0) is 8.36. The van der Waals surface area contributed by atoms with Gasteiger partial charge < -0.3 is 0 Å². The Balaban J connectivity index is 2.75. The van der Waals surface area contributed by atoms with Gasteiger partial charge in [-0.3, -0.25) is 0 Å². The van der Waals surface area contributed by atoms with Crippen LogP contribution in [0.1, 0.15) is 39.0 Å². The molecule has 0 radical (unpaired) electrons. The number of nitrogens with zero attached hydrogens (tertiary/aromatic N) is 1. The fourth-order valence-corrected chi connectivity index (χ4v) is 1.77. The predicted molar refractivity (Wildman–Crippen MR) is 51.7 cm³/mol. The molecule has 2 heteroatoms. The molecular formula is C9H17NS. The van der Waals surface area contributed by atoms with E-state index < -0.39 is 0 Å². The molecule has 0 aliphatic carbocycles. The topological polar surface area (TPSA) is 23.8 Å². The molecular weight excluding hydrogens is 154 g/mol. The van der Waals surface area contributed by atoms with Gasteiger partial charge in [-0.25, -0.2) is 0 Å². The molecule has 0 rings (SSSR count). The van der Waals surface area contributed by atoms with Crippen LogP contribution in [-0.2, 0) is 0 Å². The molecule has 0 spiro atoms. The zero-order valence-corrected chi connectivity index (χ0v) is 8.12. The highest BCUT2D eigenvalue weighted by Crippen LogP contribution is 2.08. The summed E-state index contributed by atoms with van der Waals surface area (Å²) in [6, 6.07) is 2.16. The molecule has 0 unspecified atom stereocenters. The molecule has 0 bridgehead atoms. The summed E-state index contributed by atoms with van der Waals surface area (Å²) in [7, 11) is 0. The summed E-state index contributed by atoms with van der Waals surface area (Å²) in [5, 5.41) is 8.25. The lowest BCUT2D eigenvalue weighted by atomic mass is 10.3. The van der Waals surface area contributed by atoms with Crippen molar-refractivity contribution in [3.8, 4) is 6.07 Å². The van der Waals surface area contributed by atoms with E-state index in [0.717, 1.165) is 18.6 Å². The van der Waals surface area contributed by atoms with Gasteiger partial charge in [-0.1, -0.05) is 19.8 Å². The van der Waals surface area contributed by atoms with E-state index in [1.165, 1.54) is 25.0 Å². The highest BCUT2D eigenvalue weighted by atomic mass is 32.2. The molecule has 11 heavy (non-hydrogen) atoms. The number of unbranched alkanes of at least 4 members (excludes halogenated alkanes) is 3. The van der Waals surface area contributed by atoms with Gasteiger partial charge in [0.2, 0.25) is 0 Å². The van der Waals surface area contributed by atoms with Gasteiger partial charge in [0.15, 0.2) is 0 Å². The quantitative estimate of drug-likeness (QED) is 0.549. The van der Waals surface area contributed by atoms with E-state index in [0.29, 0.717) is 0 Å². The molecule has 0 aliphatic rings. The first-order valence-corrected chi connectivity index (χ1v) is 5.52. The minimum Gasteiger partial charge on any atom is -0.198 e. The molecule has 1 nitrogen and oxygen atoms in total. The van der Waals surface area contributed by atoms with Gasteiger partial charge in [0.25, 0.3) is 0 Å². The minimum absolute atomic E-state index is 0.723. The fraction of sp³-hybridized carbons (Fsp3) is 0.889. The van der Waals surface area contributed by atoms with Crippen molar-refractivity contribution in [3.63, 3.8) is 0 Å². The van der Waals surface area contributed by atoms with Crippen LogP contribution in [0.2, 0.25) is 0 Å². The number of nitriles is 1. The third-order valence-corrected chi connectivity index (χ3v) is 2.62. The summed E-state index contributed by atoms with van der Waals surface area (Å²) in [4.78, 5) is 0. The van der Waals surface area contributed by atoms with Crippen LogP contribution in [0, 0.1) is 11.3 Å². The number of hydrogen-bond donors (Lipinski definition) is 0. The summed E-state index contributed by atoms with van der Waals surface area (Å²) in [6.45, 7) is 2.22. The third kappa shape index (κ3) is 9.84. The van der Waals surface area contributed by atoms with Crippen molar-refractivity contribution in [3.05, 3.63) is 0 Å².